The predicted octanol–water partition coefficient (Wildman–Crippen LogP) is 14.8. The summed E-state index contributed by atoms with van der Waals surface area (Å²) < 4.78 is 11.0. The molecule has 0 aliphatic carbocycles. The van der Waals surface area contributed by atoms with Gasteiger partial charge in [-0.2, -0.15) is 0 Å². The zero-order chi connectivity index (χ0) is 37.5. The van der Waals surface area contributed by atoms with Crippen LogP contribution in [0.2, 0.25) is 0 Å². The van der Waals surface area contributed by atoms with Crippen molar-refractivity contribution in [1.82, 2.24) is 9.13 Å². The number of fused-ring (bicyclic) bond motifs is 9. The molecular weight excluding hydrogens is 693 g/mol. The monoisotopic (exact) mass is 726 g/mol. The third-order valence-electron chi connectivity index (χ3n) is 11.7. The molecule has 0 N–H and O–H groups in total. The Labute approximate surface area is 328 Å². The van der Waals surface area contributed by atoms with Gasteiger partial charge in [-0.1, -0.05) is 127 Å². The molecule has 0 radical (unpaired) electrons. The number of hydrogen-bond acceptors (Lipinski definition) is 1. The van der Waals surface area contributed by atoms with Crippen molar-refractivity contribution in [3.63, 3.8) is 0 Å². The molecule has 0 fully saturated rings. The van der Waals surface area contributed by atoms with Crippen LogP contribution in [0.5, 0.6) is 0 Å². The predicted molar refractivity (Wildman–Crippen MR) is 239 cm³/mol. The number of aromatic nitrogens is 2. The van der Waals surface area contributed by atoms with E-state index in [9.17, 15) is 0 Å². The SMILES string of the molecule is c1ccc(-c2ccc(-n3c4ccc(-c5ccccc5)cc4c4cc(-c5ccc6c(c5)c5ccccc5n6-c5ccc6oc7ccccc7c6c5)ccc43)cc2)cc1. The second-order valence-electron chi connectivity index (χ2n) is 14.9. The lowest BCUT2D eigenvalue weighted by molar-refractivity contribution is 0.669. The van der Waals surface area contributed by atoms with E-state index in [0.29, 0.717) is 0 Å². The molecule has 0 amide bonds. The molecule has 0 atom stereocenters. The molecule has 3 aromatic heterocycles. The van der Waals surface area contributed by atoms with Gasteiger partial charge in [-0.25, -0.2) is 0 Å². The van der Waals surface area contributed by atoms with Crippen molar-refractivity contribution >= 4 is 65.6 Å². The normalized spacial score (nSPS) is 11.9. The van der Waals surface area contributed by atoms with Crippen LogP contribution in [-0.4, -0.2) is 9.13 Å². The zero-order valence-electron chi connectivity index (χ0n) is 30.9. The first-order valence-corrected chi connectivity index (χ1v) is 19.5. The van der Waals surface area contributed by atoms with Crippen LogP contribution in [0.3, 0.4) is 0 Å². The van der Waals surface area contributed by atoms with Crippen LogP contribution >= 0.6 is 0 Å². The Kier molecular flexibility index (Phi) is 6.93. The van der Waals surface area contributed by atoms with Gasteiger partial charge in [-0.3, -0.25) is 0 Å². The smallest absolute Gasteiger partial charge is 0.135 e. The highest BCUT2D eigenvalue weighted by molar-refractivity contribution is 6.14. The van der Waals surface area contributed by atoms with E-state index in [2.05, 4.69) is 203 Å². The van der Waals surface area contributed by atoms with Gasteiger partial charge in [0, 0.05) is 43.7 Å². The van der Waals surface area contributed by atoms with E-state index in [0.717, 1.165) is 33.3 Å². The number of hydrogen-bond donors (Lipinski definition) is 0. The minimum absolute atomic E-state index is 0.903. The fraction of sp³-hybridized carbons (Fsp3) is 0. The summed E-state index contributed by atoms with van der Waals surface area (Å²) in [5, 5.41) is 7.19. The molecule has 0 spiro atoms. The topological polar surface area (TPSA) is 23.0 Å². The number of rotatable bonds is 5. The largest absolute Gasteiger partial charge is 0.456 e. The van der Waals surface area contributed by atoms with Crippen molar-refractivity contribution in [1.29, 1.82) is 0 Å². The van der Waals surface area contributed by atoms with Crippen LogP contribution < -0.4 is 0 Å². The average molecular weight is 727 g/mol. The lowest BCUT2D eigenvalue weighted by atomic mass is 9.99. The molecule has 0 aliphatic rings. The summed E-state index contributed by atoms with van der Waals surface area (Å²) in [5.74, 6) is 0. The van der Waals surface area contributed by atoms with E-state index in [1.807, 2.05) is 12.1 Å². The summed E-state index contributed by atoms with van der Waals surface area (Å²) in [4.78, 5) is 0. The summed E-state index contributed by atoms with van der Waals surface area (Å²) in [5.41, 5.74) is 16.0. The molecule has 0 saturated carbocycles. The molecule has 0 aliphatic heterocycles. The highest BCUT2D eigenvalue weighted by Gasteiger charge is 2.18. The third kappa shape index (κ3) is 4.99. The second kappa shape index (κ2) is 12.5. The van der Waals surface area contributed by atoms with E-state index >= 15 is 0 Å². The molecular formula is C54H34N2O. The van der Waals surface area contributed by atoms with Crippen molar-refractivity contribution in [2.45, 2.75) is 0 Å². The maximum Gasteiger partial charge on any atom is 0.135 e. The van der Waals surface area contributed by atoms with Gasteiger partial charge in [0.25, 0.3) is 0 Å². The van der Waals surface area contributed by atoms with Gasteiger partial charge in [-0.15, -0.1) is 0 Å². The molecule has 3 heteroatoms. The lowest BCUT2D eigenvalue weighted by Gasteiger charge is -2.10. The fourth-order valence-corrected chi connectivity index (χ4v) is 9.01. The first-order chi connectivity index (χ1) is 28.2. The van der Waals surface area contributed by atoms with E-state index in [1.54, 1.807) is 0 Å². The lowest BCUT2D eigenvalue weighted by Crippen LogP contribution is -1.94. The van der Waals surface area contributed by atoms with Crippen LogP contribution in [0.15, 0.2) is 211 Å². The quantitative estimate of drug-likeness (QED) is 0.173. The molecule has 9 aromatic carbocycles. The van der Waals surface area contributed by atoms with Gasteiger partial charge in [0.2, 0.25) is 0 Å². The van der Waals surface area contributed by atoms with Crippen molar-refractivity contribution < 1.29 is 4.42 Å². The highest BCUT2D eigenvalue weighted by Crippen LogP contribution is 2.40. The number of para-hydroxylation sites is 2. The fourth-order valence-electron chi connectivity index (χ4n) is 9.01. The number of nitrogens with zero attached hydrogens (tertiary/aromatic N) is 2. The molecule has 0 bridgehead atoms. The summed E-state index contributed by atoms with van der Waals surface area (Å²) in [7, 11) is 0. The van der Waals surface area contributed by atoms with E-state index in [-0.39, 0.29) is 0 Å². The molecule has 3 heterocycles. The molecule has 266 valence electrons. The van der Waals surface area contributed by atoms with E-state index in [4.69, 9.17) is 4.42 Å². The standard InChI is InChI=1S/C54H34N2O/c1-3-11-35(12-4-1)37-19-24-41(25-20-37)55-51-27-21-38(36-13-5-2-6-14-36)31-46(51)47-33-40(23-29-52(47)55)39-22-28-50-45(32-39)43-15-7-9-17-49(43)56(50)42-26-30-54-48(34-42)44-16-8-10-18-53(44)57-54/h1-34H. The zero-order valence-corrected chi connectivity index (χ0v) is 30.9. The first kappa shape index (κ1) is 31.7. The Morgan fingerprint density at radius 1 is 0.246 bits per heavy atom. The van der Waals surface area contributed by atoms with Crippen LogP contribution in [0.4, 0.5) is 0 Å². The maximum absolute atomic E-state index is 6.19. The Morgan fingerprint density at radius 3 is 1.32 bits per heavy atom. The average Bonchev–Trinajstić information content (AvgIpc) is 3.93. The summed E-state index contributed by atoms with van der Waals surface area (Å²) in [6.45, 7) is 0. The van der Waals surface area contributed by atoms with Gasteiger partial charge >= 0.3 is 0 Å². The van der Waals surface area contributed by atoms with E-state index < -0.39 is 0 Å². The van der Waals surface area contributed by atoms with Gasteiger partial charge < -0.3 is 13.6 Å². The Bertz CT molecular complexity index is 3490. The molecule has 0 unspecified atom stereocenters. The molecule has 57 heavy (non-hydrogen) atoms. The Hall–Kier alpha value is -7.62. The summed E-state index contributed by atoms with van der Waals surface area (Å²) in [6, 6.07) is 74.6. The Morgan fingerprint density at radius 2 is 0.667 bits per heavy atom. The molecule has 3 nitrogen and oxygen atoms in total. The van der Waals surface area contributed by atoms with Crippen molar-refractivity contribution in [2.75, 3.05) is 0 Å². The molecule has 12 aromatic rings. The van der Waals surface area contributed by atoms with Crippen LogP contribution in [-0.2, 0) is 0 Å². The maximum atomic E-state index is 6.19. The van der Waals surface area contributed by atoms with Crippen LogP contribution in [0.1, 0.15) is 0 Å². The molecule has 12 rings (SSSR count). The van der Waals surface area contributed by atoms with Crippen molar-refractivity contribution in [3.8, 4) is 44.8 Å². The van der Waals surface area contributed by atoms with Gasteiger partial charge in [-0.05, 0) is 112 Å². The first-order valence-electron chi connectivity index (χ1n) is 19.5. The summed E-state index contributed by atoms with van der Waals surface area (Å²) in [6.07, 6.45) is 0. The molecule has 0 saturated heterocycles. The third-order valence-corrected chi connectivity index (χ3v) is 11.7. The minimum atomic E-state index is 0.903. The van der Waals surface area contributed by atoms with Gasteiger partial charge in [0.05, 0.1) is 22.1 Å². The van der Waals surface area contributed by atoms with Crippen molar-refractivity contribution in [3.05, 3.63) is 206 Å². The number of benzene rings is 9. The summed E-state index contributed by atoms with van der Waals surface area (Å²) >= 11 is 0. The van der Waals surface area contributed by atoms with E-state index in [1.165, 1.54) is 77.0 Å². The van der Waals surface area contributed by atoms with Crippen LogP contribution in [0, 0.1) is 0 Å². The Balaban J connectivity index is 1.03. The minimum Gasteiger partial charge on any atom is -0.456 e. The second-order valence-corrected chi connectivity index (χ2v) is 14.9. The van der Waals surface area contributed by atoms with Gasteiger partial charge in [0.15, 0.2) is 0 Å². The van der Waals surface area contributed by atoms with Crippen LogP contribution in [0.25, 0.3) is 110 Å². The van der Waals surface area contributed by atoms with Crippen molar-refractivity contribution in [2.24, 2.45) is 0 Å². The highest BCUT2D eigenvalue weighted by atomic mass is 16.3. The number of furan rings is 1. The van der Waals surface area contributed by atoms with Gasteiger partial charge in [0.1, 0.15) is 11.2 Å².